The minimum atomic E-state index is -0.775. The van der Waals surface area contributed by atoms with E-state index in [1.54, 1.807) is 4.90 Å². The van der Waals surface area contributed by atoms with Crippen molar-refractivity contribution in [1.29, 1.82) is 0 Å². The first-order valence-electron chi connectivity index (χ1n) is 9.13. The molecule has 0 saturated carbocycles. The Morgan fingerprint density at radius 3 is 2.27 bits per heavy atom. The summed E-state index contributed by atoms with van der Waals surface area (Å²) in [6, 6.07) is 10.7. The Hall–Kier alpha value is -3.24. The molecule has 1 amide bonds. The molecule has 2 aromatic carbocycles. The summed E-state index contributed by atoms with van der Waals surface area (Å²) in [5.41, 5.74) is 0.162. The average Bonchev–Trinajstić information content (AvgIpc) is 2.74. The molecule has 0 N–H and O–H groups in total. The third-order valence-corrected chi connectivity index (χ3v) is 5.00. The monoisotopic (exact) mass is 434 g/mol. The number of nitrogens with zero attached hydrogens (tertiary/aromatic N) is 4. The number of ether oxygens (including phenoxy) is 1. The molecule has 0 aromatic heterocycles. The van der Waals surface area contributed by atoms with Gasteiger partial charge in [-0.2, -0.15) is 0 Å². The van der Waals surface area contributed by atoms with Crippen LogP contribution in [-0.4, -0.2) is 58.3 Å². The van der Waals surface area contributed by atoms with Crippen molar-refractivity contribution >= 4 is 28.9 Å². The summed E-state index contributed by atoms with van der Waals surface area (Å²) in [4.78, 5) is 36.7. The number of carbonyl (C=O) groups is 1. The van der Waals surface area contributed by atoms with Gasteiger partial charge in [-0.15, -0.1) is 0 Å². The third kappa shape index (κ3) is 5.43. The predicted octanol–water partition coefficient (Wildman–Crippen LogP) is 2.88. The van der Waals surface area contributed by atoms with E-state index in [1.807, 2.05) is 24.3 Å². The summed E-state index contributed by atoms with van der Waals surface area (Å²) >= 11 is 5.89. The van der Waals surface area contributed by atoms with E-state index in [9.17, 15) is 25.0 Å². The van der Waals surface area contributed by atoms with Gasteiger partial charge in [-0.1, -0.05) is 23.7 Å². The zero-order valence-corrected chi connectivity index (χ0v) is 16.7. The van der Waals surface area contributed by atoms with Crippen molar-refractivity contribution in [2.75, 3.05) is 32.8 Å². The lowest BCUT2D eigenvalue weighted by atomic mass is 10.2. The third-order valence-electron chi connectivity index (χ3n) is 4.75. The number of hydrogen-bond donors (Lipinski definition) is 0. The molecule has 0 atom stereocenters. The Labute approximate surface area is 176 Å². The molecule has 2 aromatic rings. The van der Waals surface area contributed by atoms with E-state index in [2.05, 4.69) is 4.90 Å². The molecule has 1 fully saturated rings. The lowest BCUT2D eigenvalue weighted by Gasteiger charge is -2.34. The standard InChI is InChI=1S/C19H19ClN4O6/c20-15-3-1-14(2-4-15)12-21-7-9-22(10-8-21)19(25)13-30-18-6-5-16(23(26)27)11-17(18)24(28)29/h1-6,11H,7-10,12-13H2. The van der Waals surface area contributed by atoms with Gasteiger partial charge in [0, 0.05) is 43.8 Å². The van der Waals surface area contributed by atoms with Crippen molar-refractivity contribution in [2.45, 2.75) is 6.54 Å². The van der Waals surface area contributed by atoms with Crippen LogP contribution in [0.1, 0.15) is 5.56 Å². The average molecular weight is 435 g/mol. The number of carbonyl (C=O) groups excluding carboxylic acids is 1. The van der Waals surface area contributed by atoms with Gasteiger partial charge in [-0.25, -0.2) is 0 Å². The van der Waals surface area contributed by atoms with E-state index < -0.39 is 21.2 Å². The zero-order valence-electron chi connectivity index (χ0n) is 15.9. The van der Waals surface area contributed by atoms with Crippen LogP contribution in [0.25, 0.3) is 0 Å². The molecule has 1 aliphatic heterocycles. The number of halogens is 1. The topological polar surface area (TPSA) is 119 Å². The van der Waals surface area contributed by atoms with Crippen molar-refractivity contribution in [3.8, 4) is 5.75 Å². The number of nitro groups is 2. The summed E-state index contributed by atoms with van der Waals surface area (Å²) < 4.78 is 5.30. The van der Waals surface area contributed by atoms with E-state index in [0.29, 0.717) is 31.2 Å². The second-order valence-corrected chi connectivity index (χ2v) is 7.17. The van der Waals surface area contributed by atoms with Crippen LogP contribution < -0.4 is 4.74 Å². The number of benzene rings is 2. The first-order valence-corrected chi connectivity index (χ1v) is 9.51. The van der Waals surface area contributed by atoms with Gasteiger partial charge in [0.05, 0.1) is 15.9 Å². The Morgan fingerprint density at radius 1 is 1.00 bits per heavy atom. The van der Waals surface area contributed by atoms with Gasteiger partial charge in [0.2, 0.25) is 0 Å². The molecule has 158 valence electrons. The van der Waals surface area contributed by atoms with E-state index in [0.717, 1.165) is 30.3 Å². The number of rotatable bonds is 7. The number of nitro benzene ring substituents is 2. The molecule has 30 heavy (non-hydrogen) atoms. The van der Waals surface area contributed by atoms with Crippen LogP contribution in [0.5, 0.6) is 5.75 Å². The van der Waals surface area contributed by atoms with Crippen LogP contribution in [0.4, 0.5) is 11.4 Å². The molecule has 3 rings (SSSR count). The lowest BCUT2D eigenvalue weighted by molar-refractivity contribution is -0.394. The van der Waals surface area contributed by atoms with Crippen LogP contribution in [-0.2, 0) is 11.3 Å². The molecular formula is C19H19ClN4O6. The highest BCUT2D eigenvalue weighted by atomic mass is 35.5. The Balaban J connectivity index is 1.52. The quantitative estimate of drug-likeness (QED) is 0.485. The van der Waals surface area contributed by atoms with Crippen molar-refractivity contribution in [3.05, 3.63) is 73.3 Å². The van der Waals surface area contributed by atoms with Crippen molar-refractivity contribution in [2.24, 2.45) is 0 Å². The van der Waals surface area contributed by atoms with Gasteiger partial charge in [-0.3, -0.25) is 29.9 Å². The maximum absolute atomic E-state index is 12.4. The SMILES string of the molecule is O=C(COc1ccc([N+](=O)[O-])cc1[N+](=O)[O-])N1CCN(Cc2ccc(Cl)cc2)CC1. The van der Waals surface area contributed by atoms with Gasteiger partial charge in [0.1, 0.15) is 0 Å². The largest absolute Gasteiger partial charge is 0.477 e. The minimum absolute atomic E-state index is 0.180. The molecule has 1 saturated heterocycles. The molecule has 10 nitrogen and oxygen atoms in total. The van der Waals surface area contributed by atoms with Crippen LogP contribution in [0.15, 0.2) is 42.5 Å². The second-order valence-electron chi connectivity index (χ2n) is 6.74. The Morgan fingerprint density at radius 2 is 1.67 bits per heavy atom. The van der Waals surface area contributed by atoms with E-state index in [4.69, 9.17) is 16.3 Å². The molecule has 0 unspecified atom stereocenters. The Bertz CT molecular complexity index is 945. The van der Waals surface area contributed by atoms with E-state index in [-0.39, 0.29) is 18.3 Å². The predicted molar refractivity (Wildman–Crippen MR) is 109 cm³/mol. The van der Waals surface area contributed by atoms with Gasteiger partial charge in [-0.05, 0) is 23.8 Å². The van der Waals surface area contributed by atoms with Crippen LogP contribution >= 0.6 is 11.6 Å². The maximum Gasteiger partial charge on any atom is 0.317 e. The van der Waals surface area contributed by atoms with Crippen LogP contribution in [0.3, 0.4) is 0 Å². The summed E-state index contributed by atoms with van der Waals surface area (Å²) in [6.07, 6.45) is 0. The first-order chi connectivity index (χ1) is 14.3. The first kappa shape index (κ1) is 21.5. The lowest BCUT2D eigenvalue weighted by Crippen LogP contribution is -2.49. The van der Waals surface area contributed by atoms with Crippen molar-refractivity contribution in [3.63, 3.8) is 0 Å². The summed E-state index contributed by atoms with van der Waals surface area (Å²) in [5, 5.41) is 22.6. The minimum Gasteiger partial charge on any atom is -0.477 e. The fraction of sp³-hybridized carbons (Fsp3) is 0.316. The maximum atomic E-state index is 12.4. The smallest absolute Gasteiger partial charge is 0.317 e. The second kappa shape index (κ2) is 9.51. The number of piperazine rings is 1. The molecule has 0 bridgehead atoms. The molecule has 11 heteroatoms. The summed E-state index contributed by atoms with van der Waals surface area (Å²) in [7, 11) is 0. The fourth-order valence-corrected chi connectivity index (χ4v) is 3.24. The molecule has 1 heterocycles. The molecule has 0 radical (unpaired) electrons. The van der Waals surface area contributed by atoms with Gasteiger partial charge in [0.15, 0.2) is 12.4 Å². The molecule has 1 aliphatic rings. The zero-order chi connectivity index (χ0) is 21.7. The highest BCUT2D eigenvalue weighted by molar-refractivity contribution is 6.30. The summed E-state index contributed by atoms with van der Waals surface area (Å²) in [5.74, 6) is -0.478. The number of non-ortho nitro benzene ring substituents is 1. The van der Waals surface area contributed by atoms with Gasteiger partial charge < -0.3 is 9.64 Å². The van der Waals surface area contributed by atoms with Crippen LogP contribution in [0, 0.1) is 20.2 Å². The van der Waals surface area contributed by atoms with Gasteiger partial charge >= 0.3 is 5.69 Å². The Kier molecular flexibility index (Phi) is 6.80. The van der Waals surface area contributed by atoms with E-state index in [1.165, 1.54) is 0 Å². The molecular weight excluding hydrogens is 416 g/mol. The summed E-state index contributed by atoms with van der Waals surface area (Å²) in [6.45, 7) is 2.77. The normalized spacial score (nSPS) is 14.4. The van der Waals surface area contributed by atoms with Crippen molar-refractivity contribution in [1.82, 2.24) is 9.80 Å². The fourth-order valence-electron chi connectivity index (χ4n) is 3.12. The molecule has 0 aliphatic carbocycles. The highest BCUT2D eigenvalue weighted by Gasteiger charge is 2.24. The number of amides is 1. The molecule has 0 spiro atoms. The highest BCUT2D eigenvalue weighted by Crippen LogP contribution is 2.31. The van der Waals surface area contributed by atoms with E-state index >= 15 is 0 Å². The van der Waals surface area contributed by atoms with Crippen molar-refractivity contribution < 1.29 is 19.4 Å². The van der Waals surface area contributed by atoms with Gasteiger partial charge in [0.25, 0.3) is 11.6 Å². The van der Waals surface area contributed by atoms with Crippen LogP contribution in [0.2, 0.25) is 5.02 Å². The number of hydrogen-bond acceptors (Lipinski definition) is 7.